The van der Waals surface area contributed by atoms with E-state index in [4.69, 9.17) is 16.3 Å². The average Bonchev–Trinajstić information content (AvgIpc) is 2.05. The summed E-state index contributed by atoms with van der Waals surface area (Å²) in [4.78, 5) is 0. The highest BCUT2D eigenvalue weighted by atomic mass is 79.9. The molecule has 0 aliphatic carbocycles. The van der Waals surface area contributed by atoms with E-state index in [1.165, 1.54) is 0 Å². The van der Waals surface area contributed by atoms with Crippen LogP contribution in [0.5, 0.6) is 5.75 Å². The minimum atomic E-state index is -0.856. The van der Waals surface area contributed by atoms with E-state index in [1.54, 1.807) is 26.0 Å². The normalized spacial score (nSPS) is 11.5. The third-order valence-corrected chi connectivity index (χ3v) is 2.28. The molecule has 1 N–H and O–H groups in total. The van der Waals surface area contributed by atoms with Crippen LogP contribution in [0.3, 0.4) is 0 Å². The molecular weight excluding hydrogens is 267 g/mol. The van der Waals surface area contributed by atoms with Crippen molar-refractivity contribution in [1.82, 2.24) is 0 Å². The van der Waals surface area contributed by atoms with Gasteiger partial charge in [0.15, 0.2) is 0 Å². The van der Waals surface area contributed by atoms with Crippen LogP contribution in [0.25, 0.3) is 0 Å². The predicted molar refractivity (Wildman–Crippen MR) is 60.9 cm³/mol. The van der Waals surface area contributed by atoms with Gasteiger partial charge in [-0.2, -0.15) is 0 Å². The van der Waals surface area contributed by atoms with Gasteiger partial charge in [0, 0.05) is 4.47 Å². The lowest BCUT2D eigenvalue weighted by Gasteiger charge is -2.18. The monoisotopic (exact) mass is 278 g/mol. The van der Waals surface area contributed by atoms with Crippen LogP contribution >= 0.6 is 27.5 Å². The van der Waals surface area contributed by atoms with Crippen molar-refractivity contribution in [3.8, 4) is 5.75 Å². The number of hydrogen-bond acceptors (Lipinski definition) is 2. The molecule has 0 saturated carbocycles. The molecule has 0 bridgehead atoms. The molecule has 0 unspecified atom stereocenters. The van der Waals surface area contributed by atoms with Crippen molar-refractivity contribution in [2.24, 2.45) is 0 Å². The molecule has 2 nitrogen and oxygen atoms in total. The fourth-order valence-corrected chi connectivity index (χ4v) is 1.35. The average molecular weight is 280 g/mol. The first-order valence-corrected chi connectivity index (χ1v) is 5.36. The van der Waals surface area contributed by atoms with Gasteiger partial charge in [0.25, 0.3) is 0 Å². The van der Waals surface area contributed by atoms with E-state index in [9.17, 15) is 5.11 Å². The molecule has 0 amide bonds. The molecule has 0 aliphatic rings. The first-order chi connectivity index (χ1) is 6.38. The number of rotatable bonds is 3. The zero-order valence-corrected chi connectivity index (χ0v) is 10.4. The molecule has 1 rings (SSSR count). The van der Waals surface area contributed by atoms with E-state index in [-0.39, 0.29) is 6.61 Å². The van der Waals surface area contributed by atoms with Crippen molar-refractivity contribution in [3.05, 3.63) is 27.7 Å². The van der Waals surface area contributed by atoms with Gasteiger partial charge in [-0.15, -0.1) is 0 Å². The number of aliphatic hydroxyl groups is 1. The maximum Gasteiger partial charge on any atom is 0.139 e. The molecule has 0 atom stereocenters. The Morgan fingerprint density at radius 3 is 2.71 bits per heavy atom. The number of benzene rings is 1. The van der Waals surface area contributed by atoms with Gasteiger partial charge < -0.3 is 9.84 Å². The second-order valence-corrected chi connectivity index (χ2v) is 5.00. The van der Waals surface area contributed by atoms with E-state index in [0.717, 1.165) is 4.47 Å². The van der Waals surface area contributed by atoms with E-state index in [0.29, 0.717) is 10.8 Å². The number of ether oxygens (including phenoxy) is 1. The molecule has 0 radical (unpaired) electrons. The fourth-order valence-electron chi connectivity index (χ4n) is 0.842. The summed E-state index contributed by atoms with van der Waals surface area (Å²) in [6.07, 6.45) is 0. The van der Waals surface area contributed by atoms with E-state index in [2.05, 4.69) is 15.9 Å². The summed E-state index contributed by atoms with van der Waals surface area (Å²) < 4.78 is 6.27. The first kappa shape index (κ1) is 11.8. The van der Waals surface area contributed by atoms with Gasteiger partial charge in [-0.05, 0) is 32.0 Å². The first-order valence-electron chi connectivity index (χ1n) is 4.19. The summed E-state index contributed by atoms with van der Waals surface area (Å²) in [7, 11) is 0. The lowest BCUT2D eigenvalue weighted by molar-refractivity contribution is 0.0285. The third kappa shape index (κ3) is 3.86. The van der Waals surface area contributed by atoms with Crippen LogP contribution in [-0.4, -0.2) is 17.3 Å². The van der Waals surface area contributed by atoms with Gasteiger partial charge in [-0.3, -0.25) is 0 Å². The van der Waals surface area contributed by atoms with Crippen molar-refractivity contribution in [2.45, 2.75) is 19.4 Å². The van der Waals surface area contributed by atoms with Crippen molar-refractivity contribution >= 4 is 27.5 Å². The van der Waals surface area contributed by atoms with Crippen LogP contribution in [0.1, 0.15) is 13.8 Å². The fraction of sp³-hybridized carbons (Fsp3) is 0.400. The second kappa shape index (κ2) is 4.51. The topological polar surface area (TPSA) is 29.5 Å². The van der Waals surface area contributed by atoms with Gasteiger partial charge in [0.2, 0.25) is 0 Å². The molecule has 0 saturated heterocycles. The second-order valence-electron chi connectivity index (χ2n) is 3.68. The minimum absolute atomic E-state index is 0.211. The van der Waals surface area contributed by atoms with Gasteiger partial charge in [-0.25, -0.2) is 0 Å². The van der Waals surface area contributed by atoms with E-state index < -0.39 is 5.60 Å². The Morgan fingerprint density at radius 2 is 2.14 bits per heavy atom. The molecule has 1 aromatic carbocycles. The van der Waals surface area contributed by atoms with Crippen molar-refractivity contribution in [1.29, 1.82) is 0 Å². The van der Waals surface area contributed by atoms with Crippen molar-refractivity contribution in [2.75, 3.05) is 6.61 Å². The van der Waals surface area contributed by atoms with E-state index in [1.807, 2.05) is 6.07 Å². The Morgan fingerprint density at radius 1 is 1.50 bits per heavy atom. The molecule has 1 aromatic rings. The lowest BCUT2D eigenvalue weighted by Crippen LogP contribution is -2.27. The van der Waals surface area contributed by atoms with Gasteiger partial charge in [0.1, 0.15) is 12.4 Å². The zero-order chi connectivity index (χ0) is 10.8. The smallest absolute Gasteiger partial charge is 0.139 e. The predicted octanol–water partition coefficient (Wildman–Crippen LogP) is 3.25. The highest BCUT2D eigenvalue weighted by molar-refractivity contribution is 9.10. The molecule has 0 heterocycles. The summed E-state index contributed by atoms with van der Waals surface area (Å²) in [5.74, 6) is 0.572. The quantitative estimate of drug-likeness (QED) is 0.920. The molecule has 14 heavy (non-hydrogen) atoms. The standard InChI is InChI=1S/C10H12BrClO2/c1-10(2,13)6-14-9-5-7(11)3-4-8(9)12/h3-5,13H,6H2,1-2H3. The number of halogens is 2. The van der Waals surface area contributed by atoms with Crippen molar-refractivity contribution in [3.63, 3.8) is 0 Å². The highest BCUT2D eigenvalue weighted by Gasteiger charge is 2.14. The Hall–Kier alpha value is -0.250. The van der Waals surface area contributed by atoms with Gasteiger partial charge in [0.05, 0.1) is 10.6 Å². The minimum Gasteiger partial charge on any atom is -0.489 e. The highest BCUT2D eigenvalue weighted by Crippen LogP contribution is 2.28. The molecule has 0 fully saturated rings. The summed E-state index contributed by atoms with van der Waals surface area (Å²) in [5, 5.41) is 10.00. The molecule has 0 aliphatic heterocycles. The van der Waals surface area contributed by atoms with Gasteiger partial charge in [-0.1, -0.05) is 27.5 Å². The Balaban J connectivity index is 2.72. The van der Waals surface area contributed by atoms with Gasteiger partial charge >= 0.3 is 0 Å². The Labute approximate surface area is 97.0 Å². The summed E-state index contributed by atoms with van der Waals surface area (Å²) in [6, 6.07) is 5.35. The van der Waals surface area contributed by atoms with Crippen LogP contribution in [-0.2, 0) is 0 Å². The summed E-state index contributed by atoms with van der Waals surface area (Å²) >= 11 is 9.21. The van der Waals surface area contributed by atoms with Crippen LogP contribution in [0.15, 0.2) is 22.7 Å². The van der Waals surface area contributed by atoms with E-state index >= 15 is 0 Å². The van der Waals surface area contributed by atoms with Crippen LogP contribution < -0.4 is 4.74 Å². The molecular formula is C10H12BrClO2. The summed E-state index contributed by atoms with van der Waals surface area (Å²) in [6.45, 7) is 3.57. The van der Waals surface area contributed by atoms with Crippen LogP contribution in [0.4, 0.5) is 0 Å². The molecule has 0 spiro atoms. The maximum absolute atomic E-state index is 9.46. The molecule has 0 aromatic heterocycles. The van der Waals surface area contributed by atoms with Crippen molar-refractivity contribution < 1.29 is 9.84 Å². The zero-order valence-electron chi connectivity index (χ0n) is 8.05. The largest absolute Gasteiger partial charge is 0.489 e. The molecule has 4 heteroatoms. The van der Waals surface area contributed by atoms with Crippen LogP contribution in [0.2, 0.25) is 5.02 Å². The molecule has 78 valence electrons. The third-order valence-electron chi connectivity index (χ3n) is 1.47. The Bertz CT molecular complexity index is 320. The Kier molecular flexibility index (Phi) is 3.81. The number of hydrogen-bond donors (Lipinski definition) is 1. The lowest BCUT2D eigenvalue weighted by atomic mass is 10.2. The van der Waals surface area contributed by atoms with Crippen LogP contribution in [0, 0.1) is 0 Å². The SMILES string of the molecule is CC(C)(O)COc1cc(Br)ccc1Cl. The summed E-state index contributed by atoms with van der Waals surface area (Å²) in [5.41, 5.74) is -0.856. The maximum atomic E-state index is 9.46.